The summed E-state index contributed by atoms with van der Waals surface area (Å²) in [5.41, 5.74) is 2.07. The molecule has 2 heterocycles. The van der Waals surface area contributed by atoms with Gasteiger partial charge in [-0.15, -0.1) is 0 Å². The summed E-state index contributed by atoms with van der Waals surface area (Å²) in [7, 11) is 1.97. The van der Waals surface area contributed by atoms with Crippen LogP contribution in [0.1, 0.15) is 27.7 Å². The molecular weight excluding hydrogens is 174 g/mol. The van der Waals surface area contributed by atoms with E-state index >= 15 is 0 Å². The third kappa shape index (κ3) is 2.83. The molecule has 0 N–H and O–H groups in total. The molecule has 0 saturated carbocycles. The smallest absolute Gasteiger partial charge is 0.107 e. The largest absolute Gasteiger partial charge is 0.334 e. The Morgan fingerprint density at radius 1 is 1.14 bits per heavy atom. The van der Waals surface area contributed by atoms with Crippen molar-refractivity contribution in [2.75, 3.05) is 0 Å². The minimum Gasteiger partial charge on any atom is -0.334 e. The molecule has 0 unspecified atom stereocenters. The molecule has 0 bridgehead atoms. The Bertz CT molecular complexity index is 352. The first kappa shape index (κ1) is 12.6. The van der Waals surface area contributed by atoms with E-state index in [0.717, 1.165) is 11.0 Å². The molecule has 0 aromatic carbocycles. The van der Waals surface area contributed by atoms with Crippen LogP contribution in [0.5, 0.6) is 0 Å². The van der Waals surface area contributed by atoms with Crippen LogP contribution in [-0.2, 0) is 7.05 Å². The molecule has 2 rings (SSSR count). The Hall–Kier alpha value is -1.38. The van der Waals surface area contributed by atoms with Gasteiger partial charge in [0.25, 0.3) is 0 Å². The molecule has 3 heteroatoms. The zero-order valence-corrected chi connectivity index (χ0v) is 9.65. The van der Waals surface area contributed by atoms with Gasteiger partial charge in [-0.25, -0.2) is 4.98 Å². The molecule has 2 aromatic heterocycles. The highest BCUT2D eigenvalue weighted by atomic mass is 15.0. The van der Waals surface area contributed by atoms with Crippen molar-refractivity contribution in [2.45, 2.75) is 27.7 Å². The predicted octanol–water partition coefficient (Wildman–Crippen LogP) is 3.02. The summed E-state index contributed by atoms with van der Waals surface area (Å²) >= 11 is 0. The van der Waals surface area contributed by atoms with Gasteiger partial charge < -0.3 is 4.57 Å². The third-order valence-corrected chi connectivity index (χ3v) is 1.53. The van der Waals surface area contributed by atoms with Crippen LogP contribution >= 0.6 is 0 Å². The van der Waals surface area contributed by atoms with Crippen LogP contribution in [0.15, 0.2) is 24.8 Å². The van der Waals surface area contributed by atoms with Crippen LogP contribution in [0.3, 0.4) is 0 Å². The van der Waals surface area contributed by atoms with Crippen molar-refractivity contribution in [3.05, 3.63) is 24.8 Å². The topological polar surface area (TPSA) is 30.7 Å². The second-order valence-electron chi connectivity index (χ2n) is 2.22. The normalized spacial score (nSPS) is 8.36. The Morgan fingerprint density at radius 3 is 2.36 bits per heavy atom. The summed E-state index contributed by atoms with van der Waals surface area (Å²) in [6.07, 6.45) is 5.31. The highest BCUT2D eigenvalue weighted by molar-refractivity contribution is 5.73. The van der Waals surface area contributed by atoms with Crippen LogP contribution in [0, 0.1) is 0 Å². The van der Waals surface area contributed by atoms with Crippen molar-refractivity contribution < 1.29 is 0 Å². The molecule has 0 aliphatic rings. The van der Waals surface area contributed by atoms with Gasteiger partial charge in [0.05, 0.1) is 18.0 Å². The average Bonchev–Trinajstić information content (AvgIpc) is 2.67. The number of aromatic nitrogens is 3. The van der Waals surface area contributed by atoms with Crippen molar-refractivity contribution in [3.8, 4) is 0 Å². The fraction of sp³-hybridized carbons (Fsp3) is 0.455. The molecule has 14 heavy (non-hydrogen) atoms. The Labute approximate surface area is 85.8 Å². The van der Waals surface area contributed by atoms with Gasteiger partial charge in [-0.1, -0.05) is 27.7 Å². The highest BCUT2D eigenvalue weighted by Gasteiger charge is 1.94. The van der Waals surface area contributed by atoms with Crippen LogP contribution < -0.4 is 0 Å². The van der Waals surface area contributed by atoms with Gasteiger partial charge in [-0.05, 0) is 6.07 Å². The maximum atomic E-state index is 4.12. The predicted molar refractivity (Wildman–Crippen MR) is 61.2 cm³/mol. The Morgan fingerprint density at radius 2 is 1.79 bits per heavy atom. The van der Waals surface area contributed by atoms with Crippen molar-refractivity contribution in [2.24, 2.45) is 7.05 Å². The van der Waals surface area contributed by atoms with Crippen molar-refractivity contribution >= 4 is 11.0 Å². The van der Waals surface area contributed by atoms with Gasteiger partial charge in [0.2, 0.25) is 0 Å². The fourth-order valence-corrected chi connectivity index (χ4v) is 0.988. The molecule has 0 amide bonds. The van der Waals surface area contributed by atoms with Crippen LogP contribution in [0.2, 0.25) is 0 Å². The van der Waals surface area contributed by atoms with Crippen molar-refractivity contribution in [3.63, 3.8) is 0 Å². The SMILES string of the molecule is CC.CC.Cn1cnc2cnccc21. The van der Waals surface area contributed by atoms with Gasteiger partial charge in [0.15, 0.2) is 0 Å². The van der Waals surface area contributed by atoms with Crippen molar-refractivity contribution in [1.82, 2.24) is 14.5 Å². The zero-order chi connectivity index (χ0) is 11.0. The number of hydrogen-bond acceptors (Lipinski definition) is 2. The number of hydrogen-bond donors (Lipinski definition) is 0. The number of pyridine rings is 1. The molecule has 0 atom stereocenters. The number of nitrogens with zero attached hydrogens (tertiary/aromatic N) is 3. The lowest BCUT2D eigenvalue weighted by Gasteiger charge is -1.89. The zero-order valence-electron chi connectivity index (χ0n) is 9.65. The molecule has 0 radical (unpaired) electrons. The summed E-state index contributed by atoms with van der Waals surface area (Å²) in [6, 6.07) is 1.95. The highest BCUT2D eigenvalue weighted by Crippen LogP contribution is 2.06. The molecule has 3 nitrogen and oxygen atoms in total. The lowest BCUT2D eigenvalue weighted by Crippen LogP contribution is -1.82. The number of imidazole rings is 1. The summed E-state index contributed by atoms with van der Waals surface area (Å²) in [6.45, 7) is 8.00. The van der Waals surface area contributed by atoms with Crippen LogP contribution in [0.4, 0.5) is 0 Å². The summed E-state index contributed by atoms with van der Waals surface area (Å²) in [4.78, 5) is 8.07. The molecule has 0 fully saturated rings. The second kappa shape index (κ2) is 7.06. The van der Waals surface area contributed by atoms with E-state index in [2.05, 4.69) is 9.97 Å². The van der Waals surface area contributed by atoms with Crippen LogP contribution in [-0.4, -0.2) is 14.5 Å². The second-order valence-corrected chi connectivity index (χ2v) is 2.22. The quantitative estimate of drug-likeness (QED) is 0.644. The standard InChI is InChI=1S/C7H7N3.2C2H6/c1-10-5-9-6-4-8-3-2-7(6)10;2*1-2/h2-5H,1H3;2*1-2H3. The third-order valence-electron chi connectivity index (χ3n) is 1.53. The maximum absolute atomic E-state index is 4.12. The van der Waals surface area contributed by atoms with E-state index in [-0.39, 0.29) is 0 Å². The molecular formula is C11H19N3. The van der Waals surface area contributed by atoms with Gasteiger partial charge >= 0.3 is 0 Å². The average molecular weight is 193 g/mol. The first-order valence-electron chi connectivity index (χ1n) is 5.09. The van der Waals surface area contributed by atoms with E-state index in [1.807, 2.05) is 45.4 Å². The summed E-state index contributed by atoms with van der Waals surface area (Å²) in [5, 5.41) is 0. The first-order chi connectivity index (χ1) is 6.88. The summed E-state index contributed by atoms with van der Waals surface area (Å²) in [5.74, 6) is 0. The maximum Gasteiger partial charge on any atom is 0.107 e. The minimum atomic E-state index is 0.949. The van der Waals surface area contributed by atoms with Gasteiger partial charge in [-0.2, -0.15) is 0 Å². The van der Waals surface area contributed by atoms with Gasteiger partial charge in [-0.3, -0.25) is 4.98 Å². The lowest BCUT2D eigenvalue weighted by atomic mass is 10.4. The van der Waals surface area contributed by atoms with E-state index in [9.17, 15) is 0 Å². The number of rotatable bonds is 0. The summed E-state index contributed by atoms with van der Waals surface area (Å²) < 4.78 is 1.97. The van der Waals surface area contributed by atoms with Gasteiger partial charge in [0.1, 0.15) is 5.52 Å². The molecule has 2 aromatic rings. The molecule has 0 aliphatic heterocycles. The molecule has 0 saturated heterocycles. The van der Waals surface area contributed by atoms with E-state index in [1.54, 1.807) is 18.7 Å². The first-order valence-corrected chi connectivity index (χ1v) is 5.09. The Kier molecular flexibility index (Phi) is 6.37. The van der Waals surface area contributed by atoms with E-state index in [1.165, 1.54) is 0 Å². The molecule has 0 spiro atoms. The van der Waals surface area contributed by atoms with E-state index in [0.29, 0.717) is 0 Å². The van der Waals surface area contributed by atoms with Gasteiger partial charge in [0, 0.05) is 13.2 Å². The van der Waals surface area contributed by atoms with Crippen molar-refractivity contribution in [1.29, 1.82) is 0 Å². The van der Waals surface area contributed by atoms with E-state index < -0.39 is 0 Å². The number of fused-ring (bicyclic) bond motifs is 1. The monoisotopic (exact) mass is 193 g/mol. The Balaban J connectivity index is 0.000000379. The minimum absolute atomic E-state index is 0.949. The number of aryl methyl sites for hydroxylation is 1. The van der Waals surface area contributed by atoms with Crippen LogP contribution in [0.25, 0.3) is 11.0 Å². The lowest BCUT2D eigenvalue weighted by molar-refractivity contribution is 0.947. The molecule has 78 valence electrons. The van der Waals surface area contributed by atoms with E-state index in [4.69, 9.17) is 0 Å². The molecule has 0 aliphatic carbocycles. The fourth-order valence-electron chi connectivity index (χ4n) is 0.988.